The molecule has 0 spiro atoms. The van der Waals surface area contributed by atoms with Crippen LogP contribution in [0.15, 0.2) is 48.5 Å². The second-order valence-electron chi connectivity index (χ2n) is 5.44. The SMILES string of the molecule is COc1cccc(NC(=O)CN(Cc2ccc(F)cc2)S(C)(=O)=O)c1. The average Bonchev–Trinajstić information content (AvgIpc) is 2.55. The van der Waals surface area contributed by atoms with Crippen molar-refractivity contribution in [2.45, 2.75) is 6.54 Å². The summed E-state index contributed by atoms with van der Waals surface area (Å²) in [6.45, 7) is -0.377. The Bertz CT molecular complexity index is 838. The largest absolute Gasteiger partial charge is 0.497 e. The molecule has 0 unspecified atom stereocenters. The van der Waals surface area contributed by atoms with Crippen LogP contribution in [-0.4, -0.2) is 38.5 Å². The first-order valence-electron chi connectivity index (χ1n) is 7.41. The molecule has 0 saturated carbocycles. The zero-order valence-electron chi connectivity index (χ0n) is 13.9. The number of ether oxygens (including phenoxy) is 1. The van der Waals surface area contributed by atoms with E-state index in [1.165, 1.54) is 31.4 Å². The van der Waals surface area contributed by atoms with E-state index in [1.54, 1.807) is 24.3 Å². The van der Waals surface area contributed by atoms with Crippen LogP contribution in [0.5, 0.6) is 5.75 Å². The van der Waals surface area contributed by atoms with Crippen molar-refractivity contribution < 1.29 is 22.3 Å². The maximum atomic E-state index is 13.0. The average molecular weight is 366 g/mol. The number of hydrogen-bond acceptors (Lipinski definition) is 4. The third kappa shape index (κ3) is 5.84. The van der Waals surface area contributed by atoms with Crippen LogP contribution in [0.1, 0.15) is 5.56 Å². The van der Waals surface area contributed by atoms with Gasteiger partial charge in [0.25, 0.3) is 0 Å². The lowest BCUT2D eigenvalue weighted by atomic mass is 10.2. The fourth-order valence-corrected chi connectivity index (χ4v) is 2.88. The summed E-state index contributed by atoms with van der Waals surface area (Å²) < 4.78 is 42.9. The van der Waals surface area contributed by atoms with Gasteiger partial charge >= 0.3 is 0 Å². The molecule has 0 aliphatic carbocycles. The van der Waals surface area contributed by atoms with Gasteiger partial charge in [0.15, 0.2) is 0 Å². The molecule has 0 bridgehead atoms. The van der Waals surface area contributed by atoms with Gasteiger partial charge in [0, 0.05) is 18.3 Å². The van der Waals surface area contributed by atoms with Gasteiger partial charge in [0.05, 0.1) is 19.9 Å². The number of carbonyl (C=O) groups excluding carboxylic acids is 1. The summed E-state index contributed by atoms with van der Waals surface area (Å²) in [5.41, 5.74) is 1.08. The molecule has 134 valence electrons. The molecule has 0 aliphatic heterocycles. The molecule has 1 amide bonds. The van der Waals surface area contributed by atoms with Crippen LogP contribution in [0.3, 0.4) is 0 Å². The maximum Gasteiger partial charge on any atom is 0.239 e. The molecule has 0 atom stereocenters. The molecular weight excluding hydrogens is 347 g/mol. The number of carbonyl (C=O) groups is 1. The Hall–Kier alpha value is -2.45. The molecule has 25 heavy (non-hydrogen) atoms. The van der Waals surface area contributed by atoms with Crippen molar-refractivity contribution in [3.63, 3.8) is 0 Å². The molecule has 2 rings (SSSR count). The molecule has 0 radical (unpaired) electrons. The minimum absolute atomic E-state index is 0.0232. The third-order valence-corrected chi connectivity index (χ3v) is 4.61. The van der Waals surface area contributed by atoms with Crippen molar-refractivity contribution in [3.05, 3.63) is 59.9 Å². The number of methoxy groups -OCH3 is 1. The van der Waals surface area contributed by atoms with Crippen molar-refractivity contribution in [2.24, 2.45) is 0 Å². The minimum Gasteiger partial charge on any atom is -0.497 e. The first-order valence-corrected chi connectivity index (χ1v) is 9.26. The molecule has 6 nitrogen and oxygen atoms in total. The Morgan fingerprint density at radius 2 is 1.88 bits per heavy atom. The van der Waals surface area contributed by atoms with Crippen LogP contribution in [0.2, 0.25) is 0 Å². The number of nitrogens with one attached hydrogen (secondary N) is 1. The van der Waals surface area contributed by atoms with Crippen molar-refractivity contribution in [1.29, 1.82) is 0 Å². The van der Waals surface area contributed by atoms with Gasteiger partial charge < -0.3 is 10.1 Å². The van der Waals surface area contributed by atoms with Gasteiger partial charge in [-0.2, -0.15) is 4.31 Å². The number of sulfonamides is 1. The molecule has 1 N–H and O–H groups in total. The Morgan fingerprint density at radius 1 is 1.20 bits per heavy atom. The van der Waals surface area contributed by atoms with E-state index in [0.717, 1.165) is 10.6 Å². The zero-order chi connectivity index (χ0) is 18.4. The molecule has 8 heteroatoms. The highest BCUT2D eigenvalue weighted by atomic mass is 32.2. The zero-order valence-corrected chi connectivity index (χ0v) is 14.7. The second kappa shape index (κ2) is 8.09. The van der Waals surface area contributed by atoms with Crippen LogP contribution in [0.4, 0.5) is 10.1 Å². The number of benzene rings is 2. The number of anilines is 1. The summed E-state index contributed by atoms with van der Waals surface area (Å²) >= 11 is 0. The van der Waals surface area contributed by atoms with Gasteiger partial charge in [0.1, 0.15) is 11.6 Å². The third-order valence-electron chi connectivity index (χ3n) is 3.41. The predicted octanol–water partition coefficient (Wildman–Crippen LogP) is 2.23. The van der Waals surface area contributed by atoms with Crippen molar-refractivity contribution in [2.75, 3.05) is 25.2 Å². The standard InChI is InChI=1S/C17H19FN2O4S/c1-24-16-5-3-4-15(10-16)19-17(21)12-20(25(2,22)23)11-13-6-8-14(18)9-7-13/h3-10H,11-12H2,1-2H3,(H,19,21). The summed E-state index contributed by atoms with van der Waals surface area (Å²) in [6, 6.07) is 12.2. The van der Waals surface area contributed by atoms with E-state index in [-0.39, 0.29) is 13.1 Å². The van der Waals surface area contributed by atoms with Gasteiger partial charge in [-0.1, -0.05) is 18.2 Å². The first-order chi connectivity index (χ1) is 11.8. The van der Waals surface area contributed by atoms with E-state index in [0.29, 0.717) is 17.0 Å². The van der Waals surface area contributed by atoms with Crippen LogP contribution in [-0.2, 0) is 21.4 Å². The van der Waals surface area contributed by atoms with E-state index >= 15 is 0 Å². The molecule has 2 aromatic rings. The monoisotopic (exact) mass is 366 g/mol. The normalized spacial score (nSPS) is 11.4. The van der Waals surface area contributed by atoms with Gasteiger partial charge in [-0.15, -0.1) is 0 Å². The Balaban J connectivity index is 2.08. The Morgan fingerprint density at radius 3 is 2.48 bits per heavy atom. The van der Waals surface area contributed by atoms with Crippen molar-refractivity contribution in [1.82, 2.24) is 4.31 Å². The highest BCUT2D eigenvalue weighted by Crippen LogP contribution is 2.17. The quantitative estimate of drug-likeness (QED) is 0.815. The summed E-state index contributed by atoms with van der Waals surface area (Å²) in [5.74, 6) is -0.324. The van der Waals surface area contributed by atoms with Gasteiger partial charge in [0.2, 0.25) is 15.9 Å². The summed E-state index contributed by atoms with van der Waals surface area (Å²) in [4.78, 5) is 12.2. The predicted molar refractivity (Wildman–Crippen MR) is 93.3 cm³/mol. The topological polar surface area (TPSA) is 75.7 Å². The highest BCUT2D eigenvalue weighted by Gasteiger charge is 2.20. The smallest absolute Gasteiger partial charge is 0.239 e. The van der Waals surface area contributed by atoms with Crippen molar-refractivity contribution >= 4 is 21.6 Å². The molecule has 0 aliphatic rings. The van der Waals surface area contributed by atoms with Crippen LogP contribution in [0.25, 0.3) is 0 Å². The highest BCUT2D eigenvalue weighted by molar-refractivity contribution is 7.88. The molecular formula is C17H19FN2O4S. The van der Waals surface area contributed by atoms with Crippen LogP contribution < -0.4 is 10.1 Å². The second-order valence-corrected chi connectivity index (χ2v) is 7.42. The minimum atomic E-state index is -3.62. The molecule has 0 fully saturated rings. The Labute approximate surface area is 146 Å². The fourth-order valence-electron chi connectivity index (χ4n) is 2.15. The number of halogens is 1. The summed E-state index contributed by atoms with van der Waals surface area (Å²) in [7, 11) is -2.11. The van der Waals surface area contributed by atoms with E-state index < -0.39 is 21.7 Å². The number of amides is 1. The fraction of sp³-hybridized carbons (Fsp3) is 0.235. The van der Waals surface area contributed by atoms with E-state index in [1.807, 2.05) is 0 Å². The van der Waals surface area contributed by atoms with Crippen LogP contribution in [0, 0.1) is 5.82 Å². The van der Waals surface area contributed by atoms with E-state index in [4.69, 9.17) is 4.74 Å². The summed E-state index contributed by atoms with van der Waals surface area (Å²) in [6.07, 6.45) is 1.02. The number of hydrogen-bond donors (Lipinski definition) is 1. The van der Waals surface area contributed by atoms with Gasteiger partial charge in [-0.3, -0.25) is 4.79 Å². The van der Waals surface area contributed by atoms with Gasteiger partial charge in [-0.25, -0.2) is 12.8 Å². The molecule has 0 heterocycles. The molecule has 0 saturated heterocycles. The lowest BCUT2D eigenvalue weighted by Gasteiger charge is -2.19. The molecule has 2 aromatic carbocycles. The van der Waals surface area contributed by atoms with E-state index in [2.05, 4.69) is 5.32 Å². The Kier molecular flexibility index (Phi) is 6.11. The lowest BCUT2D eigenvalue weighted by molar-refractivity contribution is -0.116. The summed E-state index contributed by atoms with van der Waals surface area (Å²) in [5, 5.41) is 2.63. The molecule has 0 aromatic heterocycles. The maximum absolute atomic E-state index is 13.0. The van der Waals surface area contributed by atoms with Crippen LogP contribution >= 0.6 is 0 Å². The van der Waals surface area contributed by atoms with E-state index in [9.17, 15) is 17.6 Å². The lowest BCUT2D eigenvalue weighted by Crippen LogP contribution is -2.36. The number of nitrogens with zero attached hydrogens (tertiary/aromatic N) is 1. The first kappa shape index (κ1) is 18.9. The number of rotatable bonds is 7. The van der Waals surface area contributed by atoms with Gasteiger partial charge in [-0.05, 0) is 29.8 Å². The van der Waals surface area contributed by atoms with Crippen molar-refractivity contribution in [3.8, 4) is 5.75 Å².